The van der Waals surface area contributed by atoms with Crippen molar-refractivity contribution < 1.29 is 49.3 Å². The molecule has 11 heteroatoms. The number of nitrogens with one attached hydrogen (secondary N) is 1. The summed E-state index contributed by atoms with van der Waals surface area (Å²) in [7, 11) is 0. The number of rotatable bonds is 44. The third kappa shape index (κ3) is 37.3. The Labute approximate surface area is 447 Å². The summed E-state index contributed by atoms with van der Waals surface area (Å²) in [5.74, 6) is -1.32. The van der Waals surface area contributed by atoms with Gasteiger partial charge in [-0.3, -0.25) is 9.59 Å². The maximum Gasteiger partial charge on any atom is 0.306 e. The molecule has 0 aromatic carbocycles. The van der Waals surface area contributed by atoms with Gasteiger partial charge in [-0.2, -0.15) is 0 Å². The molecule has 0 saturated carbocycles. The molecular formula is C63H99NO10. The van der Waals surface area contributed by atoms with Crippen molar-refractivity contribution in [2.45, 2.75) is 224 Å². The van der Waals surface area contributed by atoms with Crippen LogP contribution in [0.15, 0.2) is 146 Å². The fourth-order valence-electron chi connectivity index (χ4n) is 7.72. The van der Waals surface area contributed by atoms with Crippen LogP contribution < -0.4 is 5.32 Å². The standard InChI is InChI=1S/C63H99NO10/c1-4-7-10-13-16-19-22-25-27-29-31-33-36-39-42-45-48-51-58(68)74-61-60(70)59(69)57(52-65)73-63(61)72-53-54(55(66)49-46-43-40-37-34-24-21-18-15-12-9-6-3)64-62(71)56(67)50-47-44-41-38-35-32-30-28-26-23-20-17-14-11-8-5-2/h7-8,10-11,14,16-17,19-20,23,25-28,30-33,35,38-39,42,46,49,54-57,59-61,63,65-67,69-70H,4-6,9,12-13,15,18,21-22,24,29,34,36-37,40-41,43-45,47-48,50-53H2,1-3H3,(H,64,71)/b10-7-,11-8-,17-14+,19-16-,23-20+,27-25-,28-26-,32-30+,33-31-,38-35+,42-39-,49-46+. The lowest BCUT2D eigenvalue weighted by molar-refractivity contribution is -0.305. The maximum atomic E-state index is 13.4. The van der Waals surface area contributed by atoms with Gasteiger partial charge in [-0.1, -0.05) is 231 Å². The second-order valence-electron chi connectivity index (χ2n) is 18.7. The van der Waals surface area contributed by atoms with Crippen molar-refractivity contribution in [2.75, 3.05) is 13.2 Å². The average Bonchev–Trinajstić information content (AvgIpc) is 3.40. The van der Waals surface area contributed by atoms with E-state index in [9.17, 15) is 35.1 Å². The Kier molecular flexibility index (Phi) is 45.1. The van der Waals surface area contributed by atoms with Gasteiger partial charge in [0.05, 0.1) is 25.4 Å². The molecule has 1 aliphatic heterocycles. The quantitative estimate of drug-likeness (QED) is 0.0149. The van der Waals surface area contributed by atoms with Crippen molar-refractivity contribution in [1.29, 1.82) is 0 Å². The number of aliphatic hydroxyl groups is 5. The van der Waals surface area contributed by atoms with E-state index in [1.807, 2.05) is 85.1 Å². The van der Waals surface area contributed by atoms with E-state index in [-0.39, 0.29) is 19.4 Å². The number of allylic oxidation sites excluding steroid dienone is 23. The highest BCUT2D eigenvalue weighted by Crippen LogP contribution is 2.26. The number of carbonyl (C=O) groups excluding carboxylic acids is 2. The third-order valence-corrected chi connectivity index (χ3v) is 12.1. The lowest BCUT2D eigenvalue weighted by atomic mass is 9.99. The zero-order valence-electron chi connectivity index (χ0n) is 45.6. The van der Waals surface area contributed by atoms with Crippen molar-refractivity contribution in [3.63, 3.8) is 0 Å². The van der Waals surface area contributed by atoms with Crippen molar-refractivity contribution >= 4 is 11.9 Å². The molecular weight excluding hydrogens is 931 g/mol. The van der Waals surface area contributed by atoms with Gasteiger partial charge in [0.25, 0.3) is 0 Å². The Morgan fingerprint density at radius 1 is 0.554 bits per heavy atom. The van der Waals surface area contributed by atoms with E-state index in [4.69, 9.17) is 14.2 Å². The lowest BCUT2D eigenvalue weighted by Crippen LogP contribution is -2.61. The molecule has 1 amide bonds. The first-order chi connectivity index (χ1) is 36.2. The molecule has 6 N–H and O–H groups in total. The van der Waals surface area contributed by atoms with Crippen molar-refractivity contribution in [2.24, 2.45) is 0 Å². The Balaban J connectivity index is 2.83. The molecule has 0 aromatic heterocycles. The first-order valence-corrected chi connectivity index (χ1v) is 28.2. The Hall–Kier alpha value is -4.46. The molecule has 0 aromatic rings. The van der Waals surface area contributed by atoms with E-state index in [2.05, 4.69) is 80.8 Å². The molecule has 74 heavy (non-hydrogen) atoms. The highest BCUT2D eigenvalue weighted by Gasteiger charge is 2.47. The number of unbranched alkanes of at least 4 members (excludes halogenated alkanes) is 13. The predicted octanol–water partition coefficient (Wildman–Crippen LogP) is 12.7. The first kappa shape index (κ1) is 67.6. The fraction of sp³-hybridized carbons (Fsp3) is 0.587. The van der Waals surface area contributed by atoms with Crippen molar-refractivity contribution in [3.05, 3.63) is 146 Å². The zero-order chi connectivity index (χ0) is 54.0. The number of amides is 1. The van der Waals surface area contributed by atoms with Crippen LogP contribution in [-0.2, 0) is 23.8 Å². The summed E-state index contributed by atoms with van der Waals surface area (Å²) in [5.41, 5.74) is 0. The summed E-state index contributed by atoms with van der Waals surface area (Å²) >= 11 is 0. The molecule has 0 aliphatic carbocycles. The minimum absolute atomic E-state index is 0.0299. The number of ether oxygens (including phenoxy) is 3. The van der Waals surface area contributed by atoms with Crippen LogP contribution in [0.3, 0.4) is 0 Å². The van der Waals surface area contributed by atoms with Gasteiger partial charge in [-0.15, -0.1) is 0 Å². The number of hydrogen-bond acceptors (Lipinski definition) is 10. The summed E-state index contributed by atoms with van der Waals surface area (Å²) in [4.78, 5) is 26.4. The van der Waals surface area contributed by atoms with Crippen LogP contribution >= 0.6 is 0 Å². The second kappa shape index (κ2) is 49.4. The normalized spacial score (nSPS) is 20.5. The summed E-state index contributed by atoms with van der Waals surface area (Å²) in [6, 6.07) is -1.07. The molecule has 1 aliphatic rings. The number of hydrogen-bond donors (Lipinski definition) is 6. The molecule has 1 saturated heterocycles. The van der Waals surface area contributed by atoms with Gasteiger partial charge >= 0.3 is 5.97 Å². The van der Waals surface area contributed by atoms with Crippen LogP contribution in [0, 0.1) is 0 Å². The Morgan fingerprint density at radius 3 is 1.61 bits per heavy atom. The second-order valence-corrected chi connectivity index (χ2v) is 18.7. The van der Waals surface area contributed by atoms with E-state index in [0.717, 1.165) is 77.0 Å². The fourth-order valence-corrected chi connectivity index (χ4v) is 7.72. The average molecular weight is 1030 g/mol. The third-order valence-electron chi connectivity index (χ3n) is 12.1. The van der Waals surface area contributed by atoms with Crippen LogP contribution in [0.5, 0.6) is 0 Å². The van der Waals surface area contributed by atoms with Crippen LogP contribution in [-0.4, -0.2) is 99.6 Å². The molecule has 416 valence electrons. The SMILES string of the molecule is CC\C=C/C=C/C=C/C=C\C=C\C=C\CCCCC(O)C(=O)NC(COC1OC(CO)C(O)C(O)C1OC(=O)CCC/C=C\C/C=C\C/C=C\C/C=C\C/C=C\CC)C(O)/C=C/CCCCCCCCCCCC. The van der Waals surface area contributed by atoms with Crippen LogP contribution in [0.1, 0.15) is 175 Å². The molecule has 1 heterocycles. The zero-order valence-corrected chi connectivity index (χ0v) is 45.6. The van der Waals surface area contributed by atoms with E-state index in [1.54, 1.807) is 6.08 Å². The Bertz CT molecular complexity index is 1750. The molecule has 8 atom stereocenters. The van der Waals surface area contributed by atoms with Gasteiger partial charge in [-0.25, -0.2) is 0 Å². The van der Waals surface area contributed by atoms with Gasteiger partial charge in [0.1, 0.15) is 24.4 Å². The summed E-state index contributed by atoms with van der Waals surface area (Å²) in [6.07, 6.45) is 60.3. The summed E-state index contributed by atoms with van der Waals surface area (Å²) in [6.45, 7) is 5.43. The molecule has 8 unspecified atom stereocenters. The van der Waals surface area contributed by atoms with Gasteiger partial charge in [0.15, 0.2) is 12.4 Å². The summed E-state index contributed by atoms with van der Waals surface area (Å²) in [5, 5.41) is 56.7. The van der Waals surface area contributed by atoms with Gasteiger partial charge in [0.2, 0.25) is 5.91 Å². The number of carbonyl (C=O) groups is 2. The molecule has 1 rings (SSSR count). The topological polar surface area (TPSA) is 175 Å². The molecule has 11 nitrogen and oxygen atoms in total. The Morgan fingerprint density at radius 2 is 1.04 bits per heavy atom. The predicted molar refractivity (Wildman–Crippen MR) is 305 cm³/mol. The highest BCUT2D eigenvalue weighted by atomic mass is 16.7. The smallest absolute Gasteiger partial charge is 0.306 e. The number of esters is 1. The molecule has 1 fully saturated rings. The monoisotopic (exact) mass is 1030 g/mol. The van der Waals surface area contributed by atoms with Gasteiger partial charge in [0, 0.05) is 6.42 Å². The molecule has 0 bridgehead atoms. The van der Waals surface area contributed by atoms with Crippen molar-refractivity contribution in [1.82, 2.24) is 5.32 Å². The van der Waals surface area contributed by atoms with Crippen LogP contribution in [0.2, 0.25) is 0 Å². The largest absolute Gasteiger partial charge is 0.454 e. The maximum absolute atomic E-state index is 13.4. The van der Waals surface area contributed by atoms with Crippen LogP contribution in [0.4, 0.5) is 0 Å². The van der Waals surface area contributed by atoms with E-state index < -0.39 is 67.4 Å². The van der Waals surface area contributed by atoms with Crippen molar-refractivity contribution in [3.8, 4) is 0 Å². The highest BCUT2D eigenvalue weighted by molar-refractivity contribution is 5.80. The lowest BCUT2D eigenvalue weighted by Gasteiger charge is -2.41. The minimum Gasteiger partial charge on any atom is -0.454 e. The van der Waals surface area contributed by atoms with Gasteiger partial charge < -0.3 is 45.1 Å². The van der Waals surface area contributed by atoms with Gasteiger partial charge in [-0.05, 0) is 83.5 Å². The molecule has 0 radical (unpaired) electrons. The first-order valence-electron chi connectivity index (χ1n) is 28.2. The van der Waals surface area contributed by atoms with E-state index in [1.165, 1.54) is 44.9 Å². The van der Waals surface area contributed by atoms with E-state index in [0.29, 0.717) is 19.3 Å². The number of aliphatic hydroxyl groups excluding tert-OH is 5. The molecule has 0 spiro atoms. The minimum atomic E-state index is -1.66. The van der Waals surface area contributed by atoms with E-state index >= 15 is 0 Å². The summed E-state index contributed by atoms with van der Waals surface area (Å²) < 4.78 is 17.5. The van der Waals surface area contributed by atoms with Crippen LogP contribution in [0.25, 0.3) is 0 Å².